The fourth-order valence-electron chi connectivity index (χ4n) is 2.83. The summed E-state index contributed by atoms with van der Waals surface area (Å²) in [5.41, 5.74) is 0.465. The van der Waals surface area contributed by atoms with Crippen molar-refractivity contribution in [3.05, 3.63) is 11.6 Å². The third-order valence-corrected chi connectivity index (χ3v) is 3.79. The van der Waals surface area contributed by atoms with E-state index in [1.807, 2.05) is 6.08 Å². The van der Waals surface area contributed by atoms with E-state index in [2.05, 4.69) is 4.90 Å². The molecule has 2 atom stereocenters. The zero-order chi connectivity index (χ0) is 10.8. The van der Waals surface area contributed by atoms with E-state index in [0.29, 0.717) is 5.57 Å². The van der Waals surface area contributed by atoms with Crippen molar-refractivity contribution in [3.8, 4) is 0 Å². The Labute approximate surface area is 90.8 Å². The molecule has 84 valence electrons. The van der Waals surface area contributed by atoms with Crippen molar-refractivity contribution in [3.63, 3.8) is 0 Å². The Hall–Kier alpha value is -0.830. The van der Waals surface area contributed by atoms with E-state index in [4.69, 9.17) is 5.11 Å². The van der Waals surface area contributed by atoms with Gasteiger partial charge in [-0.25, -0.2) is 4.79 Å². The van der Waals surface area contributed by atoms with Crippen LogP contribution in [-0.4, -0.2) is 35.6 Å². The van der Waals surface area contributed by atoms with E-state index in [9.17, 15) is 4.79 Å². The Bertz CT molecular complexity index is 273. The maximum Gasteiger partial charge on any atom is 0.330 e. The molecule has 1 saturated heterocycles. The fourth-order valence-corrected chi connectivity index (χ4v) is 2.83. The molecular formula is C12H19NO2. The minimum atomic E-state index is -0.797. The van der Waals surface area contributed by atoms with Gasteiger partial charge in [-0.3, -0.25) is 4.90 Å². The molecule has 1 heterocycles. The molecule has 15 heavy (non-hydrogen) atoms. The van der Waals surface area contributed by atoms with Crippen molar-refractivity contribution in [2.45, 2.75) is 26.2 Å². The first-order valence-electron chi connectivity index (χ1n) is 5.79. The average Bonchev–Trinajstić information content (AvgIpc) is 2.72. The molecule has 0 spiro atoms. The molecule has 2 unspecified atom stereocenters. The number of carbonyl (C=O) groups is 1. The molecule has 2 fully saturated rings. The summed E-state index contributed by atoms with van der Waals surface area (Å²) in [7, 11) is 0. The lowest BCUT2D eigenvalue weighted by molar-refractivity contribution is -0.132. The fraction of sp³-hybridized carbons (Fsp3) is 0.750. The van der Waals surface area contributed by atoms with Gasteiger partial charge in [0, 0.05) is 25.2 Å². The van der Waals surface area contributed by atoms with Gasteiger partial charge in [0.25, 0.3) is 0 Å². The van der Waals surface area contributed by atoms with E-state index in [-0.39, 0.29) is 0 Å². The van der Waals surface area contributed by atoms with Gasteiger partial charge in [-0.2, -0.15) is 0 Å². The predicted molar refractivity (Wildman–Crippen MR) is 58.7 cm³/mol. The second-order valence-corrected chi connectivity index (χ2v) is 4.86. The Morgan fingerprint density at radius 1 is 1.40 bits per heavy atom. The number of hydrogen-bond donors (Lipinski definition) is 1. The van der Waals surface area contributed by atoms with Gasteiger partial charge in [-0.15, -0.1) is 0 Å². The van der Waals surface area contributed by atoms with E-state index in [1.165, 1.54) is 32.4 Å². The highest BCUT2D eigenvalue weighted by atomic mass is 16.4. The van der Waals surface area contributed by atoms with Crippen molar-refractivity contribution in [1.29, 1.82) is 0 Å². The number of carboxylic acid groups (broad SMARTS) is 1. The molecule has 1 aliphatic heterocycles. The molecule has 0 aromatic carbocycles. The number of nitrogens with zero attached hydrogens (tertiary/aromatic N) is 1. The van der Waals surface area contributed by atoms with Crippen LogP contribution in [0.3, 0.4) is 0 Å². The van der Waals surface area contributed by atoms with Crippen LogP contribution in [-0.2, 0) is 4.79 Å². The average molecular weight is 209 g/mol. The lowest BCUT2D eigenvalue weighted by Crippen LogP contribution is -2.22. The normalized spacial score (nSPS) is 31.9. The smallest absolute Gasteiger partial charge is 0.330 e. The van der Waals surface area contributed by atoms with Gasteiger partial charge >= 0.3 is 5.97 Å². The number of fused-ring (bicyclic) bond motifs is 1. The molecule has 0 bridgehead atoms. The van der Waals surface area contributed by atoms with Crippen LogP contribution in [0, 0.1) is 11.8 Å². The molecular weight excluding hydrogens is 190 g/mol. The van der Waals surface area contributed by atoms with Crippen molar-refractivity contribution in [2.24, 2.45) is 11.8 Å². The van der Waals surface area contributed by atoms with E-state index in [0.717, 1.165) is 18.4 Å². The minimum absolute atomic E-state index is 0.465. The van der Waals surface area contributed by atoms with Gasteiger partial charge in [0.1, 0.15) is 0 Å². The maximum absolute atomic E-state index is 10.6. The quantitative estimate of drug-likeness (QED) is 0.720. The number of rotatable bonds is 3. The molecule has 2 rings (SSSR count). The molecule has 2 aliphatic rings. The van der Waals surface area contributed by atoms with Gasteiger partial charge in [0.2, 0.25) is 0 Å². The number of aliphatic carboxylic acids is 1. The summed E-state index contributed by atoms with van der Waals surface area (Å²) in [5, 5.41) is 8.73. The van der Waals surface area contributed by atoms with Crippen LogP contribution >= 0.6 is 0 Å². The summed E-state index contributed by atoms with van der Waals surface area (Å²) < 4.78 is 0. The first-order valence-corrected chi connectivity index (χ1v) is 5.79. The first kappa shape index (κ1) is 10.7. The lowest BCUT2D eigenvalue weighted by Gasteiger charge is -2.14. The first-order chi connectivity index (χ1) is 7.16. The van der Waals surface area contributed by atoms with Crippen LogP contribution in [0.25, 0.3) is 0 Å². The number of hydrogen-bond acceptors (Lipinski definition) is 2. The van der Waals surface area contributed by atoms with Gasteiger partial charge in [-0.1, -0.05) is 12.5 Å². The highest BCUT2D eigenvalue weighted by molar-refractivity contribution is 5.85. The summed E-state index contributed by atoms with van der Waals surface area (Å²) in [6, 6.07) is 0. The largest absolute Gasteiger partial charge is 0.478 e. The molecule has 0 aromatic heterocycles. The Morgan fingerprint density at radius 3 is 2.53 bits per heavy atom. The Balaban J connectivity index is 1.83. The molecule has 1 aliphatic carbocycles. The lowest BCUT2D eigenvalue weighted by atomic mass is 10.0. The molecule has 1 saturated carbocycles. The topological polar surface area (TPSA) is 40.5 Å². The highest BCUT2D eigenvalue weighted by Gasteiger charge is 2.35. The van der Waals surface area contributed by atoms with E-state index >= 15 is 0 Å². The zero-order valence-electron chi connectivity index (χ0n) is 9.28. The molecule has 3 heteroatoms. The molecule has 3 nitrogen and oxygen atoms in total. The van der Waals surface area contributed by atoms with Gasteiger partial charge in [0.05, 0.1) is 0 Å². The summed E-state index contributed by atoms with van der Waals surface area (Å²) in [6.07, 6.45) is 5.99. The molecule has 1 N–H and O–H groups in total. The van der Waals surface area contributed by atoms with Crippen LogP contribution in [0.15, 0.2) is 11.6 Å². The third-order valence-electron chi connectivity index (χ3n) is 3.79. The van der Waals surface area contributed by atoms with Gasteiger partial charge in [-0.05, 0) is 31.6 Å². The van der Waals surface area contributed by atoms with Crippen LogP contribution in [0.5, 0.6) is 0 Å². The SMILES string of the molecule is C/C(=C\CN1CC2CCCC2C1)C(=O)O. The second kappa shape index (κ2) is 4.35. The van der Waals surface area contributed by atoms with Gasteiger partial charge in [0.15, 0.2) is 0 Å². The Kier molecular flexibility index (Phi) is 3.10. The van der Waals surface area contributed by atoms with E-state index < -0.39 is 5.97 Å². The summed E-state index contributed by atoms with van der Waals surface area (Å²) in [5.74, 6) is 0.987. The van der Waals surface area contributed by atoms with Crippen molar-refractivity contribution in [1.82, 2.24) is 4.90 Å². The van der Waals surface area contributed by atoms with Crippen molar-refractivity contribution >= 4 is 5.97 Å². The summed E-state index contributed by atoms with van der Waals surface area (Å²) in [6.45, 7) is 4.83. The monoisotopic (exact) mass is 209 g/mol. The van der Waals surface area contributed by atoms with E-state index in [1.54, 1.807) is 6.92 Å². The highest BCUT2D eigenvalue weighted by Crippen LogP contribution is 2.37. The number of likely N-dealkylation sites (tertiary alicyclic amines) is 1. The maximum atomic E-state index is 10.6. The second-order valence-electron chi connectivity index (χ2n) is 4.86. The third kappa shape index (κ3) is 2.40. The van der Waals surface area contributed by atoms with Crippen LogP contribution in [0.4, 0.5) is 0 Å². The molecule has 0 amide bonds. The summed E-state index contributed by atoms with van der Waals surface area (Å²) >= 11 is 0. The van der Waals surface area contributed by atoms with Crippen molar-refractivity contribution < 1.29 is 9.90 Å². The minimum Gasteiger partial charge on any atom is -0.478 e. The standard InChI is InChI=1S/C12H19NO2/c1-9(12(14)15)5-6-13-7-10-3-2-4-11(10)8-13/h5,10-11H,2-4,6-8H2,1H3,(H,14,15)/b9-5+. The molecule has 0 aromatic rings. The Morgan fingerprint density at radius 2 is 2.00 bits per heavy atom. The van der Waals surface area contributed by atoms with Crippen LogP contribution in [0.1, 0.15) is 26.2 Å². The molecule has 0 radical (unpaired) electrons. The van der Waals surface area contributed by atoms with Gasteiger partial charge < -0.3 is 5.11 Å². The zero-order valence-corrected chi connectivity index (χ0v) is 9.28. The number of carboxylic acids is 1. The predicted octanol–water partition coefficient (Wildman–Crippen LogP) is 1.75. The van der Waals surface area contributed by atoms with Crippen LogP contribution < -0.4 is 0 Å². The van der Waals surface area contributed by atoms with Crippen molar-refractivity contribution in [2.75, 3.05) is 19.6 Å². The summed E-state index contributed by atoms with van der Waals surface area (Å²) in [4.78, 5) is 13.0. The van der Waals surface area contributed by atoms with Crippen LogP contribution in [0.2, 0.25) is 0 Å².